The molecule has 0 aliphatic rings. The van der Waals surface area contributed by atoms with Crippen molar-refractivity contribution in [2.24, 2.45) is 11.7 Å². The second-order valence-corrected chi connectivity index (χ2v) is 10.2. The highest BCUT2D eigenvalue weighted by atomic mass is 32.1. The van der Waals surface area contributed by atoms with Crippen LogP contribution < -0.4 is 11.3 Å². The van der Waals surface area contributed by atoms with E-state index >= 15 is 0 Å². The van der Waals surface area contributed by atoms with Gasteiger partial charge in [0.15, 0.2) is 4.83 Å². The summed E-state index contributed by atoms with van der Waals surface area (Å²) in [4.78, 5) is 35.1. The number of fused-ring (bicyclic) bond motifs is 1. The van der Waals surface area contributed by atoms with Gasteiger partial charge in [-0.05, 0) is 62.0 Å². The minimum atomic E-state index is -0.423. The highest BCUT2D eigenvalue weighted by Crippen LogP contribution is 2.31. The number of aryl methyl sites for hydroxylation is 2. The normalized spacial score (nSPS) is 12.3. The molecule has 2 heterocycles. The topological polar surface area (TPSA) is 94.1 Å². The molecule has 36 heavy (non-hydrogen) atoms. The number of amides is 1. The molecule has 0 saturated carbocycles. The molecule has 4 rings (SSSR count). The van der Waals surface area contributed by atoms with E-state index in [2.05, 4.69) is 18.2 Å². The Morgan fingerprint density at radius 3 is 2.42 bits per heavy atom. The van der Waals surface area contributed by atoms with Gasteiger partial charge in [0.05, 0.1) is 23.7 Å². The summed E-state index contributed by atoms with van der Waals surface area (Å²) in [6, 6.07) is 17.0. The summed E-state index contributed by atoms with van der Waals surface area (Å²) in [7, 11) is 0. The van der Waals surface area contributed by atoms with E-state index in [4.69, 9.17) is 10.7 Å². The SMILES string of the molecule is Cc1ccc(C(=O)N(CCCN)[C@@H](c2nc3snc(C)c3c(=O)n2Cc2ccccc2)C(C)C)cc1. The van der Waals surface area contributed by atoms with Crippen molar-refractivity contribution >= 4 is 27.7 Å². The molecule has 0 aliphatic carbocycles. The van der Waals surface area contributed by atoms with Crippen molar-refractivity contribution in [3.05, 3.63) is 93.2 Å². The van der Waals surface area contributed by atoms with E-state index in [1.807, 2.05) is 73.3 Å². The van der Waals surface area contributed by atoms with E-state index in [1.165, 1.54) is 11.5 Å². The first-order valence-corrected chi connectivity index (χ1v) is 13.1. The van der Waals surface area contributed by atoms with Gasteiger partial charge in [0, 0.05) is 12.1 Å². The lowest BCUT2D eigenvalue weighted by atomic mass is 9.98. The molecule has 2 aromatic heterocycles. The average molecular weight is 504 g/mol. The highest BCUT2D eigenvalue weighted by molar-refractivity contribution is 7.12. The maximum atomic E-state index is 13.9. The number of hydrogen-bond acceptors (Lipinski definition) is 6. The first-order valence-electron chi connectivity index (χ1n) is 12.3. The Kier molecular flexibility index (Phi) is 7.96. The van der Waals surface area contributed by atoms with E-state index in [0.717, 1.165) is 11.1 Å². The van der Waals surface area contributed by atoms with Crippen molar-refractivity contribution in [1.29, 1.82) is 0 Å². The van der Waals surface area contributed by atoms with Crippen LogP contribution in [-0.4, -0.2) is 37.8 Å². The summed E-state index contributed by atoms with van der Waals surface area (Å²) in [6.07, 6.45) is 0.644. The third kappa shape index (κ3) is 5.24. The summed E-state index contributed by atoms with van der Waals surface area (Å²) in [6.45, 7) is 9.23. The average Bonchev–Trinajstić information content (AvgIpc) is 3.24. The van der Waals surface area contributed by atoms with Crippen LogP contribution in [0.5, 0.6) is 0 Å². The van der Waals surface area contributed by atoms with Gasteiger partial charge in [-0.1, -0.05) is 61.9 Å². The Labute approximate surface area is 215 Å². The van der Waals surface area contributed by atoms with Crippen LogP contribution in [0, 0.1) is 19.8 Å². The zero-order valence-electron chi connectivity index (χ0n) is 21.3. The van der Waals surface area contributed by atoms with E-state index in [1.54, 1.807) is 4.57 Å². The van der Waals surface area contributed by atoms with E-state index in [0.29, 0.717) is 53.4 Å². The van der Waals surface area contributed by atoms with Crippen LogP contribution in [0.3, 0.4) is 0 Å². The minimum Gasteiger partial charge on any atom is -0.330 e. The number of carbonyl (C=O) groups is 1. The standard InChI is InChI=1S/C28H33N5O2S/c1-18(2)24(32(16-8-15-29)27(34)22-13-11-19(3)12-14-22)25-30-26-23(20(4)31-36-26)28(35)33(25)17-21-9-6-5-7-10-21/h5-7,9-14,18,24H,8,15-17,29H2,1-4H3/t24-/m1/s1. The van der Waals surface area contributed by atoms with Crippen molar-refractivity contribution in [2.45, 2.75) is 46.7 Å². The molecular weight excluding hydrogens is 470 g/mol. The van der Waals surface area contributed by atoms with Gasteiger partial charge in [0.1, 0.15) is 5.82 Å². The minimum absolute atomic E-state index is 0.00226. The van der Waals surface area contributed by atoms with Gasteiger partial charge in [-0.2, -0.15) is 4.37 Å². The first kappa shape index (κ1) is 25.7. The van der Waals surface area contributed by atoms with Gasteiger partial charge in [-0.25, -0.2) is 4.98 Å². The van der Waals surface area contributed by atoms with Crippen LogP contribution in [0.25, 0.3) is 10.2 Å². The highest BCUT2D eigenvalue weighted by Gasteiger charge is 2.33. The maximum absolute atomic E-state index is 13.9. The second kappa shape index (κ2) is 11.1. The van der Waals surface area contributed by atoms with Crippen LogP contribution in [0.15, 0.2) is 59.4 Å². The Hall–Kier alpha value is -3.36. The summed E-state index contributed by atoms with van der Waals surface area (Å²) in [5.74, 6) is 0.480. The Balaban J connectivity index is 1.91. The Morgan fingerprint density at radius 1 is 1.08 bits per heavy atom. The molecule has 4 aromatic rings. The molecular formula is C28H33N5O2S. The predicted molar refractivity (Wildman–Crippen MR) is 145 cm³/mol. The smallest absolute Gasteiger partial charge is 0.264 e. The fourth-order valence-electron chi connectivity index (χ4n) is 4.52. The zero-order valence-corrected chi connectivity index (χ0v) is 22.1. The Bertz CT molecular complexity index is 1390. The number of nitrogens with zero attached hydrogens (tertiary/aromatic N) is 4. The summed E-state index contributed by atoms with van der Waals surface area (Å²) in [5.41, 5.74) is 9.10. The maximum Gasteiger partial charge on any atom is 0.264 e. The quantitative estimate of drug-likeness (QED) is 0.357. The molecule has 1 amide bonds. The number of rotatable bonds is 9. The van der Waals surface area contributed by atoms with Gasteiger partial charge >= 0.3 is 0 Å². The number of nitrogens with two attached hydrogens (primary N) is 1. The molecule has 7 nitrogen and oxygen atoms in total. The first-order chi connectivity index (χ1) is 17.3. The van der Waals surface area contributed by atoms with Crippen molar-refractivity contribution < 1.29 is 4.79 Å². The summed E-state index contributed by atoms with van der Waals surface area (Å²) >= 11 is 1.22. The van der Waals surface area contributed by atoms with Crippen LogP contribution >= 0.6 is 11.5 Å². The van der Waals surface area contributed by atoms with Crippen LogP contribution in [0.2, 0.25) is 0 Å². The molecule has 188 valence electrons. The van der Waals surface area contributed by atoms with E-state index < -0.39 is 6.04 Å². The summed E-state index contributed by atoms with van der Waals surface area (Å²) < 4.78 is 6.13. The zero-order chi connectivity index (χ0) is 25.8. The molecule has 0 aliphatic heterocycles. The lowest BCUT2D eigenvalue weighted by Crippen LogP contribution is -2.42. The van der Waals surface area contributed by atoms with Crippen LogP contribution in [0.1, 0.15) is 59.3 Å². The van der Waals surface area contributed by atoms with Gasteiger partial charge in [0.25, 0.3) is 11.5 Å². The number of aromatic nitrogens is 3. The predicted octanol–water partition coefficient (Wildman–Crippen LogP) is 4.71. The number of benzene rings is 2. The summed E-state index contributed by atoms with van der Waals surface area (Å²) in [5, 5.41) is 0.542. The Morgan fingerprint density at radius 2 is 1.78 bits per heavy atom. The van der Waals surface area contributed by atoms with Gasteiger partial charge in [-0.15, -0.1) is 0 Å². The van der Waals surface area contributed by atoms with E-state index in [-0.39, 0.29) is 17.4 Å². The van der Waals surface area contributed by atoms with Gasteiger partial charge in [0.2, 0.25) is 0 Å². The number of carbonyl (C=O) groups excluding carboxylic acids is 1. The molecule has 2 aromatic carbocycles. The molecule has 8 heteroatoms. The molecule has 0 bridgehead atoms. The third-order valence-electron chi connectivity index (χ3n) is 6.37. The fourth-order valence-corrected chi connectivity index (χ4v) is 5.29. The molecule has 0 spiro atoms. The number of hydrogen-bond donors (Lipinski definition) is 1. The third-order valence-corrected chi connectivity index (χ3v) is 7.21. The molecule has 0 radical (unpaired) electrons. The van der Waals surface area contributed by atoms with Crippen molar-refractivity contribution in [3.8, 4) is 0 Å². The molecule has 1 atom stereocenters. The van der Waals surface area contributed by atoms with E-state index in [9.17, 15) is 9.59 Å². The largest absolute Gasteiger partial charge is 0.330 e. The van der Waals surface area contributed by atoms with Crippen molar-refractivity contribution in [1.82, 2.24) is 18.8 Å². The second-order valence-electron chi connectivity index (χ2n) is 9.49. The lowest BCUT2D eigenvalue weighted by Gasteiger charge is -2.35. The van der Waals surface area contributed by atoms with Gasteiger partial charge in [-0.3, -0.25) is 14.2 Å². The van der Waals surface area contributed by atoms with Crippen molar-refractivity contribution in [3.63, 3.8) is 0 Å². The van der Waals surface area contributed by atoms with Crippen molar-refractivity contribution in [2.75, 3.05) is 13.1 Å². The van der Waals surface area contributed by atoms with Gasteiger partial charge < -0.3 is 10.6 Å². The van der Waals surface area contributed by atoms with Crippen LogP contribution in [-0.2, 0) is 6.54 Å². The monoisotopic (exact) mass is 503 g/mol. The molecule has 0 unspecified atom stereocenters. The molecule has 0 saturated heterocycles. The molecule has 0 fully saturated rings. The molecule has 2 N–H and O–H groups in total. The fraction of sp³-hybridized carbons (Fsp3) is 0.357. The lowest BCUT2D eigenvalue weighted by molar-refractivity contribution is 0.0603. The van der Waals surface area contributed by atoms with Crippen LogP contribution in [0.4, 0.5) is 0 Å².